The summed E-state index contributed by atoms with van der Waals surface area (Å²) < 4.78 is 11.6. The van der Waals surface area contributed by atoms with Crippen LogP contribution in [-0.2, 0) is 0 Å². The van der Waals surface area contributed by atoms with Gasteiger partial charge in [-0.15, -0.1) is 0 Å². The van der Waals surface area contributed by atoms with Crippen LogP contribution in [0.25, 0.3) is 17.3 Å². The molecule has 0 fully saturated rings. The Bertz CT molecular complexity index is 1610. The first-order valence-corrected chi connectivity index (χ1v) is 10.8. The molecule has 8 nitrogen and oxygen atoms in total. The summed E-state index contributed by atoms with van der Waals surface area (Å²) in [5, 5.41) is 11.2. The number of aliphatic imine (C=N–C) groups is 1. The van der Waals surface area contributed by atoms with Crippen LogP contribution >= 0.6 is 0 Å². The van der Waals surface area contributed by atoms with Gasteiger partial charge in [-0.2, -0.15) is 0 Å². The summed E-state index contributed by atoms with van der Waals surface area (Å²) in [6.07, 6.45) is 1.55. The van der Waals surface area contributed by atoms with Gasteiger partial charge >= 0.3 is 5.69 Å². The van der Waals surface area contributed by atoms with Gasteiger partial charge in [0.1, 0.15) is 17.1 Å². The number of H-pyrrole nitrogens is 1. The molecule has 0 saturated heterocycles. The van der Waals surface area contributed by atoms with Crippen molar-refractivity contribution in [2.24, 2.45) is 4.99 Å². The van der Waals surface area contributed by atoms with Crippen LogP contribution in [0.4, 0.5) is 5.69 Å². The highest BCUT2D eigenvalue weighted by Gasteiger charge is 2.24. The smallest absolute Gasteiger partial charge is 0.335 e. The zero-order valence-corrected chi connectivity index (χ0v) is 19.0. The third kappa shape index (κ3) is 3.80. The fourth-order valence-corrected chi connectivity index (χ4v) is 4.08. The summed E-state index contributed by atoms with van der Waals surface area (Å²) in [4.78, 5) is 32.8. The number of aromatic amines is 1. The molecule has 1 aromatic heterocycles. The van der Waals surface area contributed by atoms with Crippen molar-refractivity contribution in [3.63, 3.8) is 0 Å². The fourth-order valence-electron chi connectivity index (χ4n) is 4.08. The van der Waals surface area contributed by atoms with Gasteiger partial charge in [-0.1, -0.05) is 48.5 Å². The predicted octanol–water partition coefficient (Wildman–Crippen LogP) is 3.92. The van der Waals surface area contributed by atoms with Crippen LogP contribution < -0.4 is 20.7 Å². The van der Waals surface area contributed by atoms with Crippen molar-refractivity contribution < 1.29 is 14.6 Å². The number of hydrogen-bond donors (Lipinski definition) is 2. The summed E-state index contributed by atoms with van der Waals surface area (Å²) in [5.41, 5.74) is 2.29. The maximum Gasteiger partial charge on any atom is 0.335 e. The average Bonchev–Trinajstić information content (AvgIpc) is 3.25. The highest BCUT2D eigenvalue weighted by atomic mass is 16.5. The van der Waals surface area contributed by atoms with Crippen LogP contribution in [0.2, 0.25) is 0 Å². The van der Waals surface area contributed by atoms with Crippen LogP contribution in [0.1, 0.15) is 16.7 Å². The molecule has 0 amide bonds. The quantitative estimate of drug-likeness (QED) is 0.463. The van der Waals surface area contributed by atoms with E-state index in [1.54, 1.807) is 18.2 Å². The van der Waals surface area contributed by atoms with Crippen LogP contribution in [0.5, 0.6) is 17.4 Å². The molecule has 0 aliphatic carbocycles. The fraction of sp³-hybridized carbons (Fsp3) is 0.0741. The number of para-hydroxylation sites is 1. The largest absolute Gasteiger partial charge is 0.497 e. The van der Waals surface area contributed by atoms with Crippen LogP contribution in [0, 0.1) is 0 Å². The Morgan fingerprint density at radius 1 is 0.943 bits per heavy atom. The van der Waals surface area contributed by atoms with Gasteiger partial charge in [0.15, 0.2) is 0 Å². The van der Waals surface area contributed by atoms with Crippen molar-refractivity contribution in [1.29, 1.82) is 0 Å². The second-order valence-corrected chi connectivity index (χ2v) is 7.77. The summed E-state index contributed by atoms with van der Waals surface area (Å²) >= 11 is 0. The zero-order valence-electron chi connectivity index (χ0n) is 19.0. The van der Waals surface area contributed by atoms with E-state index in [4.69, 9.17) is 14.5 Å². The minimum absolute atomic E-state index is 0.0928. The molecule has 0 saturated carbocycles. The minimum atomic E-state index is -0.815. The van der Waals surface area contributed by atoms with E-state index >= 15 is 0 Å². The highest BCUT2D eigenvalue weighted by molar-refractivity contribution is 6.39. The molecule has 2 heterocycles. The second kappa shape index (κ2) is 8.83. The first-order chi connectivity index (χ1) is 17.0. The van der Waals surface area contributed by atoms with E-state index in [0.29, 0.717) is 22.8 Å². The molecule has 35 heavy (non-hydrogen) atoms. The third-order valence-corrected chi connectivity index (χ3v) is 5.77. The summed E-state index contributed by atoms with van der Waals surface area (Å²) in [7, 11) is 2.93. The van der Waals surface area contributed by atoms with Crippen molar-refractivity contribution in [3.8, 4) is 23.1 Å². The Kier molecular flexibility index (Phi) is 5.54. The van der Waals surface area contributed by atoms with Gasteiger partial charge in [0, 0.05) is 22.8 Å². The number of aromatic hydroxyl groups is 1. The first kappa shape index (κ1) is 22.0. The average molecular weight is 467 g/mol. The standard InChI is InChI=1S/C27H21N3O5/c1-34-17-12-13-23(35-2)22(14-17)30-26(32)20(25(31)29-27(30)33)15-19-18-10-6-7-11-21(18)28-24(19)16-8-4-3-5-9-16/h3-15,32H,1-2H3,(H,29,31,33). The first-order valence-electron chi connectivity index (χ1n) is 10.8. The molecule has 0 atom stereocenters. The number of methoxy groups -OCH3 is 2. The van der Waals surface area contributed by atoms with Gasteiger partial charge in [-0.3, -0.25) is 9.78 Å². The van der Waals surface area contributed by atoms with Gasteiger partial charge in [0.25, 0.3) is 5.56 Å². The number of nitrogens with one attached hydrogen (secondary N) is 1. The number of aromatic nitrogens is 2. The topological polar surface area (TPSA) is 106 Å². The molecule has 1 aliphatic rings. The number of nitrogens with zero attached hydrogens (tertiary/aromatic N) is 2. The van der Waals surface area contributed by atoms with Crippen molar-refractivity contribution in [1.82, 2.24) is 9.55 Å². The van der Waals surface area contributed by atoms with E-state index in [-0.39, 0.29) is 11.3 Å². The Morgan fingerprint density at radius 3 is 2.43 bits per heavy atom. The Balaban J connectivity index is 1.76. The van der Waals surface area contributed by atoms with E-state index in [1.807, 2.05) is 54.6 Å². The molecule has 0 spiro atoms. The number of allylic oxidation sites excluding steroid dienone is 1. The summed E-state index contributed by atoms with van der Waals surface area (Å²) in [6.45, 7) is 0. The van der Waals surface area contributed by atoms with E-state index in [9.17, 15) is 14.7 Å². The third-order valence-electron chi connectivity index (χ3n) is 5.77. The van der Waals surface area contributed by atoms with Crippen LogP contribution in [0.3, 0.4) is 0 Å². The maximum atomic E-state index is 12.9. The monoisotopic (exact) mass is 467 g/mol. The number of rotatable bonds is 5. The number of benzene rings is 3. The lowest BCUT2D eigenvalue weighted by Gasteiger charge is -2.15. The highest BCUT2D eigenvalue weighted by Crippen LogP contribution is 2.38. The van der Waals surface area contributed by atoms with Crippen molar-refractivity contribution in [2.75, 3.05) is 14.2 Å². The van der Waals surface area contributed by atoms with Crippen molar-refractivity contribution in [3.05, 3.63) is 110 Å². The van der Waals surface area contributed by atoms with E-state index in [0.717, 1.165) is 21.4 Å². The zero-order chi connectivity index (χ0) is 24.5. The van der Waals surface area contributed by atoms with Gasteiger partial charge < -0.3 is 14.6 Å². The summed E-state index contributed by atoms with van der Waals surface area (Å²) in [5.74, 6) is 0.225. The number of fused-ring (bicyclic) bond motifs is 1. The second-order valence-electron chi connectivity index (χ2n) is 7.77. The number of ether oxygens (including phenoxy) is 2. The van der Waals surface area contributed by atoms with E-state index < -0.39 is 17.1 Å². The van der Waals surface area contributed by atoms with Gasteiger partial charge in [-0.25, -0.2) is 14.4 Å². The molecule has 174 valence electrons. The maximum absolute atomic E-state index is 12.9. The Morgan fingerprint density at radius 2 is 1.69 bits per heavy atom. The molecule has 0 bridgehead atoms. The lowest BCUT2D eigenvalue weighted by molar-refractivity contribution is 0.393. The van der Waals surface area contributed by atoms with Gasteiger partial charge in [-0.05, 0) is 24.3 Å². The molecule has 1 aliphatic heterocycles. The minimum Gasteiger partial charge on any atom is -0.497 e. The Labute approximate surface area is 200 Å². The lowest BCUT2D eigenvalue weighted by Crippen LogP contribution is -2.30. The molecule has 8 heteroatoms. The van der Waals surface area contributed by atoms with E-state index in [1.165, 1.54) is 20.3 Å². The van der Waals surface area contributed by atoms with Crippen molar-refractivity contribution in [2.45, 2.75) is 0 Å². The molecule has 0 radical (unpaired) electrons. The lowest BCUT2D eigenvalue weighted by atomic mass is 9.96. The van der Waals surface area contributed by atoms with Crippen LogP contribution in [-0.4, -0.2) is 34.6 Å². The van der Waals surface area contributed by atoms with Gasteiger partial charge in [0.2, 0.25) is 5.88 Å². The molecule has 2 N–H and O–H groups in total. The molecule has 4 aromatic rings. The molecular weight excluding hydrogens is 446 g/mol. The number of hydrogen-bond acceptors (Lipinski definition) is 6. The van der Waals surface area contributed by atoms with Gasteiger partial charge in [0.05, 0.1) is 31.3 Å². The summed E-state index contributed by atoms with van der Waals surface area (Å²) in [6, 6.07) is 21.9. The molecule has 5 rings (SSSR count). The van der Waals surface area contributed by atoms with Crippen LogP contribution in [0.15, 0.2) is 87.4 Å². The molecule has 0 unspecified atom stereocenters. The Hall–Kier alpha value is -4.85. The normalized spacial score (nSPS) is 13.4. The van der Waals surface area contributed by atoms with E-state index in [2.05, 4.69) is 4.98 Å². The molecular formula is C27H21N3O5. The molecule has 3 aromatic carbocycles. The predicted molar refractivity (Wildman–Crippen MR) is 134 cm³/mol. The SMILES string of the molecule is COc1ccc(OC)c(-n2c(O)c(C=C3C(c4ccccc4)=Nc4ccccc43)c(=O)[nH]c2=O)c1. The van der Waals surface area contributed by atoms with Crippen molar-refractivity contribution >= 4 is 23.0 Å².